The third-order valence-electron chi connectivity index (χ3n) is 1.72. The zero-order chi connectivity index (χ0) is 12.9. The molecule has 0 saturated carbocycles. The normalized spacial score (nSPS) is 16.7. The van der Waals surface area contributed by atoms with Gasteiger partial charge in [-0.15, -0.1) is 0 Å². The van der Waals surface area contributed by atoms with Gasteiger partial charge in [-0.05, 0) is 0 Å². The number of aliphatic hydroxyl groups is 1. The fourth-order valence-electron chi connectivity index (χ4n) is 0.756. The van der Waals surface area contributed by atoms with E-state index >= 15 is 0 Å². The van der Waals surface area contributed by atoms with Crippen LogP contribution in [-0.4, -0.2) is 71.2 Å². The summed E-state index contributed by atoms with van der Waals surface area (Å²) >= 11 is -2.18. The highest BCUT2D eigenvalue weighted by Crippen LogP contribution is 1.93. The van der Waals surface area contributed by atoms with Gasteiger partial charge in [-0.3, -0.25) is 4.55 Å². The number of nitrogens with zero attached hydrogens (tertiary/aromatic N) is 2. The van der Waals surface area contributed by atoms with E-state index in [2.05, 4.69) is 4.72 Å². The molecule has 98 valence electrons. The Kier molecular flexibility index (Phi) is 6.55. The zero-order valence-corrected chi connectivity index (χ0v) is 11.0. The fourth-order valence-corrected chi connectivity index (χ4v) is 1.72. The third kappa shape index (κ3) is 5.84. The van der Waals surface area contributed by atoms with Crippen molar-refractivity contribution in [2.75, 3.05) is 34.2 Å². The zero-order valence-electron chi connectivity index (χ0n) is 9.32. The first-order valence-electron chi connectivity index (χ1n) is 4.34. The smallest absolute Gasteiger partial charge is 0.279 e. The quantitative estimate of drug-likeness (QED) is 0.457. The van der Waals surface area contributed by atoms with Crippen LogP contribution in [0.15, 0.2) is 0 Å². The predicted octanol–water partition coefficient (Wildman–Crippen LogP) is -2.19. The first-order valence-corrected chi connectivity index (χ1v) is 6.84. The molecule has 0 heterocycles. The lowest BCUT2D eigenvalue weighted by atomic mass is 10.4. The average molecular weight is 275 g/mol. The van der Waals surface area contributed by atoms with E-state index in [1.807, 2.05) is 0 Å². The van der Waals surface area contributed by atoms with E-state index in [0.29, 0.717) is 0 Å². The van der Waals surface area contributed by atoms with E-state index in [1.165, 1.54) is 21.1 Å². The van der Waals surface area contributed by atoms with Crippen LogP contribution in [0.4, 0.5) is 0 Å². The number of hydrogen-bond donors (Lipinski definition) is 3. The third-order valence-corrected chi connectivity index (χ3v) is 3.89. The van der Waals surface area contributed by atoms with E-state index in [4.69, 9.17) is 4.55 Å². The first kappa shape index (κ1) is 15.9. The molecule has 10 heteroatoms. The van der Waals surface area contributed by atoms with Crippen molar-refractivity contribution in [3.8, 4) is 0 Å². The van der Waals surface area contributed by atoms with Gasteiger partial charge in [-0.2, -0.15) is 17.4 Å². The second-order valence-electron chi connectivity index (χ2n) is 3.33. The lowest BCUT2D eigenvalue weighted by molar-refractivity contribution is 0.155. The van der Waals surface area contributed by atoms with Crippen molar-refractivity contribution in [3.63, 3.8) is 0 Å². The summed E-state index contributed by atoms with van der Waals surface area (Å²) in [5.74, 6) is 0. The number of likely N-dealkylation sites (N-methyl/N-ethyl adjacent to an activating group) is 1. The van der Waals surface area contributed by atoms with Crippen molar-refractivity contribution in [2.45, 2.75) is 6.10 Å². The second-order valence-corrected chi connectivity index (χ2v) is 6.38. The topological polar surface area (TPSA) is 110 Å². The molecule has 0 amide bonds. The van der Waals surface area contributed by atoms with E-state index in [9.17, 15) is 17.7 Å². The summed E-state index contributed by atoms with van der Waals surface area (Å²) in [6.07, 6.45) is -1.06. The minimum absolute atomic E-state index is 0.112. The Labute approximate surface area is 97.8 Å². The molecule has 0 aromatic rings. The van der Waals surface area contributed by atoms with E-state index < -0.39 is 27.6 Å². The van der Waals surface area contributed by atoms with Gasteiger partial charge >= 0.3 is 0 Å². The summed E-state index contributed by atoms with van der Waals surface area (Å²) in [6, 6.07) is 0. The number of rotatable bonds is 7. The van der Waals surface area contributed by atoms with Crippen molar-refractivity contribution >= 4 is 21.5 Å². The van der Waals surface area contributed by atoms with Gasteiger partial charge in [0.15, 0.2) is 0 Å². The van der Waals surface area contributed by atoms with Crippen LogP contribution in [0.25, 0.3) is 0 Å². The average Bonchev–Trinajstić information content (AvgIpc) is 2.14. The Morgan fingerprint density at radius 3 is 2.25 bits per heavy atom. The van der Waals surface area contributed by atoms with Crippen LogP contribution in [-0.2, 0) is 21.5 Å². The molecule has 0 aliphatic carbocycles. The molecule has 0 spiro atoms. The van der Waals surface area contributed by atoms with Crippen LogP contribution in [0.3, 0.4) is 0 Å². The maximum absolute atomic E-state index is 11.2. The van der Waals surface area contributed by atoms with Gasteiger partial charge < -0.3 is 5.11 Å². The fraction of sp³-hybridized carbons (Fsp3) is 1.00. The lowest BCUT2D eigenvalue weighted by Crippen LogP contribution is -2.43. The molecule has 0 aliphatic rings. The molecular weight excluding hydrogens is 258 g/mol. The molecule has 2 atom stereocenters. The van der Waals surface area contributed by atoms with Gasteiger partial charge in [-0.25, -0.2) is 8.51 Å². The van der Waals surface area contributed by atoms with Crippen LogP contribution in [0.5, 0.6) is 0 Å². The van der Waals surface area contributed by atoms with E-state index in [0.717, 1.165) is 8.61 Å². The van der Waals surface area contributed by atoms with Gasteiger partial charge in [0.25, 0.3) is 10.2 Å². The van der Waals surface area contributed by atoms with Gasteiger partial charge in [0.1, 0.15) is 0 Å². The molecule has 0 rings (SSSR count). The Morgan fingerprint density at radius 2 is 1.88 bits per heavy atom. The van der Waals surface area contributed by atoms with Gasteiger partial charge in [0.05, 0.1) is 6.10 Å². The molecule has 8 nitrogen and oxygen atoms in total. The standard InChI is InChI=1S/C6H17N3O5S2/c1-8(2)16(13,14)7-4-6(10)5-9(3)15(11)12/h6-7,10H,4-5H2,1-3H3,(H,11,12)/t6-/m0/s1. The van der Waals surface area contributed by atoms with Crippen LogP contribution < -0.4 is 4.72 Å². The van der Waals surface area contributed by atoms with Gasteiger partial charge in [0.2, 0.25) is 11.3 Å². The largest absolute Gasteiger partial charge is 0.390 e. The minimum atomic E-state index is -3.58. The van der Waals surface area contributed by atoms with Crippen molar-refractivity contribution in [1.82, 2.24) is 13.3 Å². The lowest BCUT2D eigenvalue weighted by Gasteiger charge is -2.18. The Bertz CT molecular complexity index is 331. The van der Waals surface area contributed by atoms with Crippen LogP contribution in [0.2, 0.25) is 0 Å². The molecule has 0 aromatic carbocycles. The van der Waals surface area contributed by atoms with E-state index in [-0.39, 0.29) is 13.1 Å². The molecule has 0 saturated heterocycles. The van der Waals surface area contributed by atoms with Crippen molar-refractivity contribution in [1.29, 1.82) is 0 Å². The predicted molar refractivity (Wildman–Crippen MR) is 60.0 cm³/mol. The molecule has 0 aliphatic heterocycles. The highest BCUT2D eigenvalue weighted by Gasteiger charge is 2.17. The molecule has 3 N–H and O–H groups in total. The van der Waals surface area contributed by atoms with Gasteiger partial charge in [0, 0.05) is 34.2 Å². The summed E-state index contributed by atoms with van der Waals surface area (Å²) in [5.41, 5.74) is 0. The van der Waals surface area contributed by atoms with Crippen molar-refractivity contribution in [3.05, 3.63) is 0 Å². The highest BCUT2D eigenvalue weighted by atomic mass is 32.2. The monoisotopic (exact) mass is 275 g/mol. The molecule has 0 radical (unpaired) electrons. The molecule has 0 fully saturated rings. The van der Waals surface area contributed by atoms with Crippen LogP contribution in [0, 0.1) is 0 Å². The molecule has 1 unspecified atom stereocenters. The Hall–Kier alpha value is -0.100. The van der Waals surface area contributed by atoms with Crippen LogP contribution in [0.1, 0.15) is 0 Å². The summed E-state index contributed by atoms with van der Waals surface area (Å²) < 4.78 is 45.7. The highest BCUT2D eigenvalue weighted by molar-refractivity contribution is 7.87. The Balaban J connectivity index is 4.09. The summed E-state index contributed by atoms with van der Waals surface area (Å²) in [6.45, 7) is -0.332. The number of hydrogen-bond acceptors (Lipinski definition) is 4. The summed E-state index contributed by atoms with van der Waals surface area (Å²) in [7, 11) is 0.452. The maximum atomic E-state index is 11.2. The van der Waals surface area contributed by atoms with E-state index in [1.54, 1.807) is 0 Å². The molecule has 0 bridgehead atoms. The summed E-state index contributed by atoms with van der Waals surface area (Å²) in [4.78, 5) is 0. The minimum Gasteiger partial charge on any atom is -0.390 e. The number of aliphatic hydroxyl groups excluding tert-OH is 1. The Morgan fingerprint density at radius 1 is 1.38 bits per heavy atom. The maximum Gasteiger partial charge on any atom is 0.279 e. The first-order chi connectivity index (χ1) is 7.16. The molecular formula is C6H17N3O5S2. The van der Waals surface area contributed by atoms with Gasteiger partial charge in [-0.1, -0.05) is 0 Å². The summed E-state index contributed by atoms with van der Waals surface area (Å²) in [5, 5.41) is 9.38. The SMILES string of the molecule is CN(C[C@@H](O)CNS(=O)(=O)N(C)C)S(=O)O. The molecule has 16 heavy (non-hydrogen) atoms. The number of nitrogens with one attached hydrogen (secondary N) is 1. The second kappa shape index (κ2) is 6.59. The molecule has 0 aromatic heterocycles. The van der Waals surface area contributed by atoms with Crippen molar-refractivity contribution < 1.29 is 22.3 Å². The van der Waals surface area contributed by atoms with Crippen LogP contribution >= 0.6 is 0 Å². The van der Waals surface area contributed by atoms with Crippen molar-refractivity contribution in [2.24, 2.45) is 0 Å².